The number of rotatable bonds is 5. The highest BCUT2D eigenvalue weighted by Gasteiger charge is 2.36. The summed E-state index contributed by atoms with van der Waals surface area (Å²) in [6.07, 6.45) is 0.534. The van der Waals surface area contributed by atoms with Gasteiger partial charge < -0.3 is 5.32 Å². The Balaban J connectivity index is 1.58. The summed E-state index contributed by atoms with van der Waals surface area (Å²) in [7, 11) is -3.74. The maximum absolute atomic E-state index is 13.3. The van der Waals surface area contributed by atoms with Crippen molar-refractivity contribution in [3.8, 4) is 0 Å². The van der Waals surface area contributed by atoms with E-state index in [9.17, 15) is 13.2 Å². The zero-order valence-electron chi connectivity index (χ0n) is 18.2. The van der Waals surface area contributed by atoms with Crippen molar-refractivity contribution in [1.29, 1.82) is 0 Å². The van der Waals surface area contributed by atoms with Crippen LogP contribution < -0.4 is 9.62 Å². The molecule has 0 aliphatic carbocycles. The maximum Gasteiger partial charge on any atom is 0.264 e. The third kappa shape index (κ3) is 4.25. The molecule has 1 aliphatic rings. The van der Waals surface area contributed by atoms with Gasteiger partial charge in [-0.25, -0.2) is 8.42 Å². The van der Waals surface area contributed by atoms with Crippen LogP contribution >= 0.6 is 11.6 Å². The lowest BCUT2D eigenvalue weighted by Crippen LogP contribution is -2.35. The molecule has 4 rings (SSSR count). The number of anilines is 2. The van der Waals surface area contributed by atoms with Gasteiger partial charge in [-0.2, -0.15) is 0 Å². The predicted molar refractivity (Wildman–Crippen MR) is 129 cm³/mol. The van der Waals surface area contributed by atoms with E-state index in [4.69, 9.17) is 11.6 Å². The van der Waals surface area contributed by atoms with Crippen molar-refractivity contribution in [1.82, 2.24) is 0 Å². The van der Waals surface area contributed by atoms with E-state index in [1.165, 1.54) is 22.0 Å². The van der Waals surface area contributed by atoms with Crippen molar-refractivity contribution in [3.63, 3.8) is 0 Å². The van der Waals surface area contributed by atoms with Crippen LogP contribution in [0.4, 0.5) is 11.4 Å². The lowest BCUT2D eigenvalue weighted by atomic mass is 10.0. The molecule has 0 saturated carbocycles. The van der Waals surface area contributed by atoms with Crippen molar-refractivity contribution in [2.75, 3.05) is 9.62 Å². The Morgan fingerprint density at radius 2 is 1.69 bits per heavy atom. The molecule has 0 saturated heterocycles. The standard InChI is InChI=1S/C25H25ClN2O3S/c1-16(2)18-4-9-22(10-5-18)27-25(29)19-6-13-24-20(15-19)14-17(3)28(24)32(30,31)23-11-7-21(26)8-12-23/h4-13,15-17H,14H2,1-3H3,(H,27,29)/t17-/m1/s1. The molecule has 7 heteroatoms. The summed E-state index contributed by atoms with van der Waals surface area (Å²) in [5.74, 6) is 0.197. The molecule has 0 bridgehead atoms. The van der Waals surface area contributed by atoms with E-state index in [0.717, 1.165) is 11.3 Å². The van der Waals surface area contributed by atoms with Gasteiger partial charge in [-0.05, 0) is 85.0 Å². The average Bonchev–Trinajstić information content (AvgIpc) is 3.10. The monoisotopic (exact) mass is 468 g/mol. The van der Waals surface area contributed by atoms with Gasteiger partial charge in [-0.1, -0.05) is 37.6 Å². The molecule has 0 aromatic heterocycles. The molecule has 5 nitrogen and oxygen atoms in total. The lowest BCUT2D eigenvalue weighted by molar-refractivity contribution is 0.102. The summed E-state index contributed by atoms with van der Waals surface area (Å²) in [5.41, 5.74) is 3.86. The summed E-state index contributed by atoms with van der Waals surface area (Å²) < 4.78 is 27.9. The fourth-order valence-electron chi connectivity index (χ4n) is 3.98. The minimum atomic E-state index is -3.74. The van der Waals surface area contributed by atoms with E-state index in [1.54, 1.807) is 30.3 Å². The Bertz CT molecular complexity index is 1250. The Labute approximate surface area is 194 Å². The van der Waals surface area contributed by atoms with Gasteiger partial charge in [-0.15, -0.1) is 0 Å². The highest BCUT2D eigenvalue weighted by atomic mass is 35.5. The average molecular weight is 469 g/mol. The number of nitrogens with zero attached hydrogens (tertiary/aromatic N) is 1. The lowest BCUT2D eigenvalue weighted by Gasteiger charge is -2.24. The van der Waals surface area contributed by atoms with E-state index in [2.05, 4.69) is 19.2 Å². The molecule has 32 heavy (non-hydrogen) atoms. The van der Waals surface area contributed by atoms with E-state index in [-0.39, 0.29) is 16.8 Å². The van der Waals surface area contributed by atoms with Crippen LogP contribution in [0.25, 0.3) is 0 Å². The van der Waals surface area contributed by atoms with Crippen LogP contribution in [-0.4, -0.2) is 20.4 Å². The van der Waals surface area contributed by atoms with Gasteiger partial charge >= 0.3 is 0 Å². The summed E-state index contributed by atoms with van der Waals surface area (Å²) in [6.45, 7) is 6.11. The van der Waals surface area contributed by atoms with Crippen LogP contribution in [-0.2, 0) is 16.4 Å². The molecule has 1 atom stereocenters. The molecule has 1 N–H and O–H groups in total. The van der Waals surface area contributed by atoms with E-state index < -0.39 is 10.0 Å². The van der Waals surface area contributed by atoms with Crippen molar-refractivity contribution in [2.24, 2.45) is 0 Å². The number of carbonyl (C=O) groups excluding carboxylic acids is 1. The predicted octanol–water partition coefficient (Wildman–Crippen LogP) is 5.86. The van der Waals surface area contributed by atoms with Crippen molar-refractivity contribution in [3.05, 3.63) is 88.4 Å². The number of carbonyl (C=O) groups is 1. The number of amides is 1. The molecule has 1 heterocycles. The van der Waals surface area contributed by atoms with Gasteiger partial charge in [0.05, 0.1) is 10.6 Å². The molecule has 166 valence electrons. The highest BCUT2D eigenvalue weighted by molar-refractivity contribution is 7.92. The minimum Gasteiger partial charge on any atom is -0.322 e. The molecule has 0 unspecified atom stereocenters. The van der Waals surface area contributed by atoms with Gasteiger partial charge in [0.1, 0.15) is 0 Å². The number of fused-ring (bicyclic) bond motifs is 1. The van der Waals surface area contributed by atoms with E-state index in [1.807, 2.05) is 31.2 Å². The normalized spacial score (nSPS) is 15.7. The Kier molecular flexibility index (Phi) is 6.01. The summed E-state index contributed by atoms with van der Waals surface area (Å²) in [5, 5.41) is 3.40. The number of sulfonamides is 1. The van der Waals surface area contributed by atoms with Gasteiger partial charge in [0.15, 0.2) is 0 Å². The van der Waals surface area contributed by atoms with Crippen LogP contribution in [0.5, 0.6) is 0 Å². The van der Waals surface area contributed by atoms with Crippen molar-refractivity contribution in [2.45, 2.75) is 44.0 Å². The third-order valence-electron chi connectivity index (χ3n) is 5.70. The highest BCUT2D eigenvalue weighted by Crippen LogP contribution is 2.37. The molecule has 0 radical (unpaired) electrons. The second-order valence-corrected chi connectivity index (χ2v) is 10.6. The largest absolute Gasteiger partial charge is 0.322 e. The van der Waals surface area contributed by atoms with Crippen molar-refractivity contribution >= 4 is 38.9 Å². The molecule has 1 aliphatic heterocycles. The Hall–Kier alpha value is -2.83. The molecule has 3 aromatic rings. The molecular weight excluding hydrogens is 444 g/mol. The molecule has 0 fully saturated rings. The molecule has 0 spiro atoms. The number of nitrogens with one attached hydrogen (secondary N) is 1. The zero-order valence-corrected chi connectivity index (χ0v) is 19.7. The van der Waals surface area contributed by atoms with Crippen molar-refractivity contribution < 1.29 is 13.2 Å². The first-order valence-electron chi connectivity index (χ1n) is 10.5. The van der Waals surface area contributed by atoms with Gasteiger partial charge in [0.2, 0.25) is 0 Å². The quantitative estimate of drug-likeness (QED) is 0.510. The van der Waals surface area contributed by atoms with Crippen LogP contribution in [0, 0.1) is 0 Å². The van der Waals surface area contributed by atoms with Crippen LogP contribution in [0.2, 0.25) is 5.02 Å². The molecular formula is C25H25ClN2O3S. The topological polar surface area (TPSA) is 66.5 Å². The van der Waals surface area contributed by atoms with Gasteiger partial charge in [0, 0.05) is 22.3 Å². The molecule has 3 aromatic carbocycles. The second-order valence-electron chi connectivity index (χ2n) is 8.38. The number of benzene rings is 3. The van der Waals surface area contributed by atoms with E-state index >= 15 is 0 Å². The Morgan fingerprint density at radius 3 is 2.31 bits per heavy atom. The van der Waals surface area contributed by atoms with Crippen LogP contribution in [0.15, 0.2) is 71.6 Å². The van der Waals surface area contributed by atoms with Gasteiger partial charge in [-0.3, -0.25) is 9.10 Å². The summed E-state index contributed by atoms with van der Waals surface area (Å²) >= 11 is 5.91. The Morgan fingerprint density at radius 1 is 1.03 bits per heavy atom. The van der Waals surface area contributed by atoms with Crippen LogP contribution in [0.1, 0.15) is 48.2 Å². The SMILES string of the molecule is CC(C)c1ccc(NC(=O)c2ccc3c(c2)C[C@@H](C)N3S(=O)(=O)c2ccc(Cl)cc2)cc1. The number of hydrogen-bond acceptors (Lipinski definition) is 3. The van der Waals surface area contributed by atoms with E-state index in [0.29, 0.717) is 28.6 Å². The number of halogens is 1. The first-order chi connectivity index (χ1) is 15.2. The zero-order chi connectivity index (χ0) is 23.0. The molecule has 1 amide bonds. The number of hydrogen-bond donors (Lipinski definition) is 1. The minimum absolute atomic E-state index is 0.188. The third-order valence-corrected chi connectivity index (χ3v) is 7.89. The first kappa shape index (κ1) is 22.4. The smallest absolute Gasteiger partial charge is 0.264 e. The fraction of sp³-hybridized carbons (Fsp3) is 0.240. The maximum atomic E-state index is 13.3. The second kappa shape index (κ2) is 8.60. The first-order valence-corrected chi connectivity index (χ1v) is 12.3. The van der Waals surface area contributed by atoms with Gasteiger partial charge in [0.25, 0.3) is 15.9 Å². The summed E-state index contributed by atoms with van der Waals surface area (Å²) in [4.78, 5) is 13.0. The fourth-order valence-corrected chi connectivity index (χ4v) is 5.80. The van der Waals surface area contributed by atoms with Crippen LogP contribution in [0.3, 0.4) is 0 Å². The summed E-state index contributed by atoms with van der Waals surface area (Å²) in [6, 6.07) is 18.8.